The minimum Gasteiger partial charge on any atom is -0.207 e. The Morgan fingerprint density at radius 2 is 1.75 bits per heavy atom. The van der Waals surface area contributed by atoms with Gasteiger partial charge in [-0.2, -0.15) is 0 Å². The van der Waals surface area contributed by atoms with Crippen molar-refractivity contribution in [2.75, 3.05) is 0 Å². The van der Waals surface area contributed by atoms with E-state index in [9.17, 15) is 8.42 Å². The van der Waals surface area contributed by atoms with Crippen molar-refractivity contribution in [3.05, 3.63) is 15.9 Å². The average molecular weight is 380 g/mol. The number of rotatable bonds is 3. The van der Waals surface area contributed by atoms with E-state index in [-0.39, 0.29) is 16.9 Å². The van der Waals surface area contributed by atoms with Gasteiger partial charge in [-0.25, -0.2) is 13.1 Å². The summed E-state index contributed by atoms with van der Waals surface area (Å²) in [7, 11) is -3.40. The van der Waals surface area contributed by atoms with Gasteiger partial charge in [0, 0.05) is 6.04 Å². The lowest BCUT2D eigenvalue weighted by molar-refractivity contribution is 0.0934. The van der Waals surface area contributed by atoms with Gasteiger partial charge < -0.3 is 0 Å². The molecule has 1 N–H and O–H groups in total. The molecule has 1 saturated carbocycles. The topological polar surface area (TPSA) is 46.2 Å². The highest BCUT2D eigenvalue weighted by Crippen LogP contribution is 2.46. The first-order chi connectivity index (χ1) is 8.99. The molecule has 1 fully saturated rings. The molecule has 20 heavy (non-hydrogen) atoms. The van der Waals surface area contributed by atoms with Crippen molar-refractivity contribution in [3.63, 3.8) is 0 Å². The normalized spacial score (nSPS) is 22.9. The Morgan fingerprint density at radius 1 is 1.20 bits per heavy atom. The van der Waals surface area contributed by atoms with Crippen LogP contribution in [0.15, 0.2) is 20.1 Å². The molecule has 0 aliphatic heterocycles. The van der Waals surface area contributed by atoms with Crippen molar-refractivity contribution in [1.82, 2.24) is 4.72 Å². The zero-order chi connectivity index (χ0) is 15.2. The highest BCUT2D eigenvalue weighted by atomic mass is 79.9. The van der Waals surface area contributed by atoms with Crippen molar-refractivity contribution in [1.29, 1.82) is 0 Å². The van der Waals surface area contributed by atoms with Crippen LogP contribution < -0.4 is 4.72 Å². The summed E-state index contributed by atoms with van der Waals surface area (Å²) in [5.74, 6) is 0. The lowest BCUT2D eigenvalue weighted by atomic mass is 9.64. The van der Waals surface area contributed by atoms with Gasteiger partial charge in [0.1, 0.15) is 4.21 Å². The SMILES string of the molecule is CC1(C)CC(NS(=O)(=O)c2ccc(Br)s2)CC(C)(C)C1. The highest BCUT2D eigenvalue weighted by Gasteiger charge is 2.39. The van der Waals surface area contributed by atoms with Crippen molar-refractivity contribution in [3.8, 4) is 0 Å². The van der Waals surface area contributed by atoms with Gasteiger partial charge in [0.2, 0.25) is 10.0 Å². The molecule has 0 saturated heterocycles. The van der Waals surface area contributed by atoms with E-state index in [4.69, 9.17) is 0 Å². The second-order valence-electron chi connectivity index (χ2n) is 7.29. The second-order valence-corrected chi connectivity index (χ2v) is 11.7. The van der Waals surface area contributed by atoms with Crippen LogP contribution >= 0.6 is 27.3 Å². The molecule has 0 bridgehead atoms. The first kappa shape index (κ1) is 16.5. The maximum atomic E-state index is 12.4. The lowest BCUT2D eigenvalue weighted by Gasteiger charge is -2.44. The van der Waals surface area contributed by atoms with Crippen LogP contribution in [0.5, 0.6) is 0 Å². The standard InChI is InChI=1S/C14H22BrNO2S2/c1-13(2)7-10(8-14(3,4)9-13)16-20(17,18)12-6-5-11(15)19-12/h5-6,10,16H,7-9H2,1-4H3. The summed E-state index contributed by atoms with van der Waals surface area (Å²) in [6, 6.07) is 3.43. The van der Waals surface area contributed by atoms with Crippen LogP contribution in [-0.2, 0) is 10.0 Å². The van der Waals surface area contributed by atoms with E-state index < -0.39 is 10.0 Å². The first-order valence-corrected chi connectivity index (χ1v) is 9.86. The Bertz CT molecular complexity index is 574. The minimum absolute atomic E-state index is 0.0135. The zero-order valence-corrected chi connectivity index (χ0v) is 15.6. The van der Waals surface area contributed by atoms with Crippen LogP contribution in [0.3, 0.4) is 0 Å². The molecule has 6 heteroatoms. The fourth-order valence-corrected chi connectivity index (χ4v) is 6.91. The predicted octanol–water partition coefficient (Wildman–Crippen LogP) is 4.39. The van der Waals surface area contributed by atoms with Crippen LogP contribution in [0.4, 0.5) is 0 Å². The number of halogens is 1. The van der Waals surface area contributed by atoms with Gasteiger partial charge in [-0.15, -0.1) is 11.3 Å². The first-order valence-electron chi connectivity index (χ1n) is 6.77. The van der Waals surface area contributed by atoms with Crippen molar-refractivity contribution >= 4 is 37.3 Å². The zero-order valence-electron chi connectivity index (χ0n) is 12.4. The van der Waals surface area contributed by atoms with E-state index in [2.05, 4.69) is 48.3 Å². The van der Waals surface area contributed by atoms with E-state index in [0.29, 0.717) is 4.21 Å². The maximum absolute atomic E-state index is 12.4. The minimum atomic E-state index is -3.40. The molecule has 0 spiro atoms. The molecule has 0 atom stereocenters. The van der Waals surface area contributed by atoms with Crippen molar-refractivity contribution in [2.24, 2.45) is 10.8 Å². The van der Waals surface area contributed by atoms with E-state index in [1.165, 1.54) is 11.3 Å². The summed E-state index contributed by atoms with van der Waals surface area (Å²) in [5, 5.41) is 0. The van der Waals surface area contributed by atoms with Crippen molar-refractivity contribution < 1.29 is 8.42 Å². The third kappa shape index (κ3) is 4.06. The van der Waals surface area contributed by atoms with Crippen LogP contribution in [-0.4, -0.2) is 14.5 Å². The molecule has 0 unspecified atom stereocenters. The monoisotopic (exact) mass is 379 g/mol. The predicted molar refractivity (Wildman–Crippen MR) is 87.5 cm³/mol. The summed E-state index contributed by atoms with van der Waals surface area (Å²) >= 11 is 4.56. The van der Waals surface area contributed by atoms with E-state index >= 15 is 0 Å². The molecule has 2 rings (SSSR count). The summed E-state index contributed by atoms with van der Waals surface area (Å²) in [6.45, 7) is 8.88. The number of nitrogens with one attached hydrogen (secondary N) is 1. The quantitative estimate of drug-likeness (QED) is 0.845. The number of hydrogen-bond donors (Lipinski definition) is 1. The number of hydrogen-bond acceptors (Lipinski definition) is 3. The Balaban J connectivity index is 2.17. The fraction of sp³-hybridized carbons (Fsp3) is 0.714. The fourth-order valence-electron chi connectivity index (χ4n) is 3.65. The van der Waals surface area contributed by atoms with Gasteiger partial charge in [-0.3, -0.25) is 0 Å². The molecule has 3 nitrogen and oxygen atoms in total. The third-order valence-corrected chi connectivity index (χ3v) is 7.33. The maximum Gasteiger partial charge on any atom is 0.250 e. The Morgan fingerprint density at radius 3 is 2.20 bits per heavy atom. The molecule has 0 amide bonds. The van der Waals surface area contributed by atoms with E-state index in [1.54, 1.807) is 12.1 Å². The molecular weight excluding hydrogens is 358 g/mol. The number of sulfonamides is 1. The Labute approximate surface area is 134 Å². The molecule has 0 radical (unpaired) electrons. The van der Waals surface area contributed by atoms with Gasteiger partial charge in [0.25, 0.3) is 0 Å². The molecule has 114 valence electrons. The molecule has 1 heterocycles. The summed E-state index contributed by atoms with van der Waals surface area (Å²) < 4.78 is 28.9. The summed E-state index contributed by atoms with van der Waals surface area (Å²) in [4.78, 5) is 0. The number of thiophene rings is 1. The van der Waals surface area contributed by atoms with Gasteiger partial charge in [-0.1, -0.05) is 27.7 Å². The summed E-state index contributed by atoms with van der Waals surface area (Å²) in [5.41, 5.74) is 0.343. The van der Waals surface area contributed by atoms with Gasteiger partial charge in [0.15, 0.2) is 0 Å². The Kier molecular flexibility index (Phi) is 4.42. The van der Waals surface area contributed by atoms with Gasteiger partial charge in [-0.05, 0) is 58.2 Å². The molecule has 1 aliphatic carbocycles. The van der Waals surface area contributed by atoms with Crippen molar-refractivity contribution in [2.45, 2.75) is 57.2 Å². The van der Waals surface area contributed by atoms with Crippen LogP contribution in [0, 0.1) is 10.8 Å². The van der Waals surface area contributed by atoms with Crippen LogP contribution in [0.2, 0.25) is 0 Å². The lowest BCUT2D eigenvalue weighted by Crippen LogP contribution is -2.45. The molecule has 0 aromatic carbocycles. The highest BCUT2D eigenvalue weighted by molar-refractivity contribution is 9.11. The molecular formula is C14H22BrNO2S2. The molecule has 1 aliphatic rings. The molecule has 1 aromatic heterocycles. The summed E-state index contributed by atoms with van der Waals surface area (Å²) in [6.07, 6.45) is 2.91. The Hall–Kier alpha value is 0.0900. The second kappa shape index (κ2) is 5.38. The van der Waals surface area contributed by atoms with Gasteiger partial charge >= 0.3 is 0 Å². The van der Waals surface area contributed by atoms with E-state index in [1.807, 2.05) is 0 Å². The van der Waals surface area contributed by atoms with Crippen LogP contribution in [0.1, 0.15) is 47.0 Å². The smallest absolute Gasteiger partial charge is 0.207 e. The third-order valence-electron chi connectivity index (χ3n) is 3.69. The molecule has 1 aromatic rings. The average Bonchev–Trinajstić information content (AvgIpc) is 2.59. The largest absolute Gasteiger partial charge is 0.250 e. The van der Waals surface area contributed by atoms with Crippen LogP contribution in [0.25, 0.3) is 0 Å². The van der Waals surface area contributed by atoms with E-state index in [0.717, 1.165) is 23.0 Å². The van der Waals surface area contributed by atoms with Gasteiger partial charge in [0.05, 0.1) is 3.79 Å².